The normalized spacial score (nSPS) is 10.2. The molecule has 126 valence electrons. The van der Waals surface area contributed by atoms with E-state index in [1.165, 1.54) is 9.80 Å². The van der Waals surface area contributed by atoms with Crippen LogP contribution in [0.5, 0.6) is 0 Å². The number of carbonyl (C=O) groups is 3. The Morgan fingerprint density at radius 2 is 1.61 bits per heavy atom. The lowest BCUT2D eigenvalue weighted by Crippen LogP contribution is -2.37. The molecule has 2 amide bonds. The molecule has 1 aromatic carbocycles. The van der Waals surface area contributed by atoms with Crippen molar-refractivity contribution in [1.29, 1.82) is 0 Å². The molecule has 1 rings (SSSR count). The molecule has 0 atom stereocenters. The van der Waals surface area contributed by atoms with E-state index in [1.54, 1.807) is 14.1 Å². The molecular formula is C17H24N2O4. The largest absolute Gasteiger partial charge is 0.480 e. The van der Waals surface area contributed by atoms with Crippen molar-refractivity contribution in [2.45, 2.75) is 25.7 Å². The highest BCUT2D eigenvalue weighted by atomic mass is 16.4. The Kier molecular flexibility index (Phi) is 7.80. The Hall–Kier alpha value is -2.37. The van der Waals surface area contributed by atoms with E-state index in [0.29, 0.717) is 25.8 Å². The fraction of sp³-hybridized carbons (Fsp3) is 0.471. The summed E-state index contributed by atoms with van der Waals surface area (Å²) in [6.45, 7) is 0.0457. The Bertz CT molecular complexity index is 529. The first-order valence-corrected chi connectivity index (χ1v) is 7.63. The summed E-state index contributed by atoms with van der Waals surface area (Å²) >= 11 is 0. The number of nitrogens with zero attached hydrogens (tertiary/aromatic N) is 2. The minimum Gasteiger partial charge on any atom is -0.480 e. The lowest BCUT2D eigenvalue weighted by atomic mass is 10.1. The Balaban J connectivity index is 2.50. The first-order valence-electron chi connectivity index (χ1n) is 7.63. The Morgan fingerprint density at radius 3 is 2.17 bits per heavy atom. The van der Waals surface area contributed by atoms with Gasteiger partial charge < -0.3 is 14.9 Å². The van der Waals surface area contributed by atoms with E-state index in [2.05, 4.69) is 0 Å². The lowest BCUT2D eigenvalue weighted by molar-refractivity contribution is -0.144. The van der Waals surface area contributed by atoms with Gasteiger partial charge in [0.2, 0.25) is 11.8 Å². The predicted molar refractivity (Wildman–Crippen MR) is 86.9 cm³/mol. The summed E-state index contributed by atoms with van der Waals surface area (Å²) < 4.78 is 0. The van der Waals surface area contributed by atoms with E-state index in [-0.39, 0.29) is 24.8 Å². The van der Waals surface area contributed by atoms with Crippen LogP contribution in [0.2, 0.25) is 0 Å². The van der Waals surface area contributed by atoms with Crippen LogP contribution in [0.25, 0.3) is 0 Å². The van der Waals surface area contributed by atoms with Crippen molar-refractivity contribution in [1.82, 2.24) is 9.80 Å². The average Bonchev–Trinajstić information content (AvgIpc) is 2.51. The Labute approximate surface area is 136 Å². The molecule has 6 nitrogen and oxygen atoms in total. The lowest BCUT2D eigenvalue weighted by Gasteiger charge is -2.21. The molecule has 0 aliphatic heterocycles. The summed E-state index contributed by atoms with van der Waals surface area (Å²) in [6, 6.07) is 9.61. The van der Waals surface area contributed by atoms with Crippen LogP contribution in [0.4, 0.5) is 0 Å². The average molecular weight is 320 g/mol. The van der Waals surface area contributed by atoms with Gasteiger partial charge in [-0.1, -0.05) is 30.3 Å². The number of carboxylic acids is 1. The molecule has 1 N–H and O–H groups in total. The minimum absolute atomic E-state index is 0.0353. The van der Waals surface area contributed by atoms with Gasteiger partial charge in [-0.3, -0.25) is 14.4 Å². The zero-order chi connectivity index (χ0) is 17.2. The molecule has 0 spiro atoms. The summed E-state index contributed by atoms with van der Waals surface area (Å²) in [5.74, 6) is -1.29. The molecule has 0 aliphatic rings. The van der Waals surface area contributed by atoms with Crippen LogP contribution < -0.4 is 0 Å². The number of carboxylic acid groups (broad SMARTS) is 1. The number of amides is 2. The second-order valence-electron chi connectivity index (χ2n) is 5.59. The maximum Gasteiger partial charge on any atom is 0.323 e. The van der Waals surface area contributed by atoms with Gasteiger partial charge in [-0.15, -0.1) is 0 Å². The number of hydrogen-bond donors (Lipinski definition) is 1. The van der Waals surface area contributed by atoms with Crippen LogP contribution in [0.15, 0.2) is 30.3 Å². The molecule has 1 aromatic rings. The van der Waals surface area contributed by atoms with Gasteiger partial charge in [-0.25, -0.2) is 0 Å². The third-order valence-electron chi connectivity index (χ3n) is 3.47. The summed E-state index contributed by atoms with van der Waals surface area (Å²) in [4.78, 5) is 37.4. The summed E-state index contributed by atoms with van der Waals surface area (Å²) in [5, 5.41) is 8.96. The number of benzene rings is 1. The first-order chi connectivity index (χ1) is 10.9. The molecule has 0 bridgehead atoms. The van der Waals surface area contributed by atoms with Crippen LogP contribution in [0, 0.1) is 0 Å². The zero-order valence-corrected chi connectivity index (χ0v) is 13.7. The molecule has 23 heavy (non-hydrogen) atoms. The molecule has 0 aromatic heterocycles. The van der Waals surface area contributed by atoms with Gasteiger partial charge >= 0.3 is 5.97 Å². The van der Waals surface area contributed by atoms with Gasteiger partial charge in [0.25, 0.3) is 0 Å². The van der Waals surface area contributed by atoms with Crippen molar-refractivity contribution in [2.75, 3.05) is 27.2 Å². The summed E-state index contributed by atoms with van der Waals surface area (Å²) in [5.41, 5.74) is 1.05. The molecule has 0 saturated heterocycles. The Morgan fingerprint density at radius 1 is 1.00 bits per heavy atom. The number of rotatable bonds is 9. The van der Waals surface area contributed by atoms with Gasteiger partial charge in [0, 0.05) is 33.5 Å². The van der Waals surface area contributed by atoms with Gasteiger partial charge in [0.15, 0.2) is 0 Å². The fourth-order valence-electron chi connectivity index (χ4n) is 2.14. The van der Waals surface area contributed by atoms with Crippen molar-refractivity contribution in [3.05, 3.63) is 35.9 Å². The predicted octanol–water partition coefficient (Wildman–Crippen LogP) is 1.40. The van der Waals surface area contributed by atoms with Crippen LogP contribution in [-0.4, -0.2) is 59.9 Å². The van der Waals surface area contributed by atoms with Gasteiger partial charge in [0.05, 0.1) is 0 Å². The third kappa shape index (κ3) is 7.44. The number of hydrogen-bond acceptors (Lipinski definition) is 3. The quantitative estimate of drug-likeness (QED) is 0.746. The van der Waals surface area contributed by atoms with Gasteiger partial charge in [0.1, 0.15) is 6.54 Å². The first kappa shape index (κ1) is 18.7. The third-order valence-corrected chi connectivity index (χ3v) is 3.47. The van der Waals surface area contributed by atoms with E-state index < -0.39 is 5.97 Å². The summed E-state index contributed by atoms with van der Waals surface area (Å²) in [7, 11) is 3.33. The maximum absolute atomic E-state index is 12.2. The van der Waals surface area contributed by atoms with E-state index >= 15 is 0 Å². The highest BCUT2D eigenvalue weighted by molar-refractivity contribution is 5.82. The van der Waals surface area contributed by atoms with Gasteiger partial charge in [-0.2, -0.15) is 0 Å². The summed E-state index contributed by atoms with van der Waals surface area (Å²) in [6.07, 6.45) is 1.51. The molecular weight excluding hydrogens is 296 g/mol. The van der Waals surface area contributed by atoms with Crippen LogP contribution >= 0.6 is 0 Å². The zero-order valence-electron chi connectivity index (χ0n) is 13.7. The smallest absolute Gasteiger partial charge is 0.323 e. The molecule has 0 fully saturated rings. The standard InChI is InChI=1S/C17H24N2O4/c1-18(2)15(20)9-6-10-16(21)19(13-17(22)23)12-11-14-7-4-3-5-8-14/h3-5,7-8H,6,9-13H2,1-2H3,(H,22,23). The second kappa shape index (κ2) is 9.61. The molecule has 0 radical (unpaired) electrons. The van der Waals surface area contributed by atoms with E-state index in [9.17, 15) is 14.4 Å². The number of aliphatic carboxylic acids is 1. The van der Waals surface area contributed by atoms with Crippen LogP contribution in [0.1, 0.15) is 24.8 Å². The molecule has 0 aliphatic carbocycles. The SMILES string of the molecule is CN(C)C(=O)CCCC(=O)N(CCc1ccccc1)CC(=O)O. The van der Waals surface area contributed by atoms with E-state index in [1.807, 2.05) is 30.3 Å². The second-order valence-corrected chi connectivity index (χ2v) is 5.59. The monoisotopic (exact) mass is 320 g/mol. The van der Waals surface area contributed by atoms with Crippen molar-refractivity contribution in [2.24, 2.45) is 0 Å². The minimum atomic E-state index is -1.03. The molecule has 6 heteroatoms. The molecule has 0 saturated carbocycles. The highest BCUT2D eigenvalue weighted by Crippen LogP contribution is 2.06. The van der Waals surface area contributed by atoms with Crippen LogP contribution in [0.3, 0.4) is 0 Å². The molecule has 0 unspecified atom stereocenters. The van der Waals surface area contributed by atoms with Crippen molar-refractivity contribution < 1.29 is 19.5 Å². The van der Waals surface area contributed by atoms with Crippen molar-refractivity contribution in [3.63, 3.8) is 0 Å². The van der Waals surface area contributed by atoms with E-state index in [4.69, 9.17) is 5.11 Å². The van der Waals surface area contributed by atoms with Crippen LogP contribution in [-0.2, 0) is 20.8 Å². The fourth-order valence-corrected chi connectivity index (χ4v) is 2.14. The van der Waals surface area contributed by atoms with Crippen molar-refractivity contribution >= 4 is 17.8 Å². The molecule has 0 heterocycles. The van der Waals surface area contributed by atoms with E-state index in [0.717, 1.165) is 5.56 Å². The number of carbonyl (C=O) groups excluding carboxylic acids is 2. The maximum atomic E-state index is 12.2. The van der Waals surface area contributed by atoms with Gasteiger partial charge in [-0.05, 0) is 18.4 Å². The van der Waals surface area contributed by atoms with Crippen molar-refractivity contribution in [3.8, 4) is 0 Å². The topological polar surface area (TPSA) is 77.9 Å². The highest BCUT2D eigenvalue weighted by Gasteiger charge is 2.17.